The highest BCUT2D eigenvalue weighted by Gasteiger charge is 2.40. The second kappa shape index (κ2) is 6.64. The van der Waals surface area contributed by atoms with E-state index in [0.717, 1.165) is 28.7 Å². The van der Waals surface area contributed by atoms with E-state index in [-0.39, 0.29) is 12.1 Å². The van der Waals surface area contributed by atoms with E-state index in [4.69, 9.17) is 12.2 Å². The highest BCUT2D eigenvalue weighted by molar-refractivity contribution is 7.80. The minimum atomic E-state index is 0.00795. The molecular weight excluding hydrogens is 330 g/mol. The lowest BCUT2D eigenvalue weighted by atomic mass is 10.0. The maximum absolute atomic E-state index is 5.66. The molecule has 3 aromatic heterocycles. The summed E-state index contributed by atoms with van der Waals surface area (Å²) in [5.74, 6) is 0. The van der Waals surface area contributed by atoms with Crippen LogP contribution in [-0.4, -0.2) is 25.0 Å². The van der Waals surface area contributed by atoms with E-state index in [1.807, 2.05) is 48.9 Å². The van der Waals surface area contributed by atoms with Gasteiger partial charge in [0.1, 0.15) is 0 Å². The zero-order valence-electron chi connectivity index (χ0n) is 13.9. The Balaban J connectivity index is 1.72. The molecule has 3 aromatic rings. The lowest BCUT2D eigenvalue weighted by Crippen LogP contribution is -2.29. The summed E-state index contributed by atoms with van der Waals surface area (Å²) < 4.78 is 0. The third-order valence-electron chi connectivity index (χ3n) is 4.47. The van der Waals surface area contributed by atoms with Crippen molar-refractivity contribution in [2.24, 2.45) is 0 Å². The van der Waals surface area contributed by atoms with Gasteiger partial charge in [-0.15, -0.1) is 0 Å². The highest BCUT2D eigenvalue weighted by Crippen LogP contribution is 2.38. The van der Waals surface area contributed by atoms with Crippen LogP contribution in [0.2, 0.25) is 0 Å². The molecule has 0 unspecified atom stereocenters. The third kappa shape index (κ3) is 3.13. The summed E-state index contributed by atoms with van der Waals surface area (Å²) in [4.78, 5) is 14.3. The summed E-state index contributed by atoms with van der Waals surface area (Å²) in [6, 6.07) is 14.3. The van der Waals surface area contributed by atoms with Gasteiger partial charge in [-0.3, -0.25) is 9.97 Å². The zero-order chi connectivity index (χ0) is 17.2. The molecule has 2 atom stereocenters. The van der Waals surface area contributed by atoms with Crippen molar-refractivity contribution in [3.63, 3.8) is 0 Å². The number of aromatic nitrogens is 3. The second-order valence-electron chi connectivity index (χ2n) is 6.21. The molecular formula is C19H19N5S. The molecule has 0 aromatic carbocycles. The van der Waals surface area contributed by atoms with E-state index in [1.165, 1.54) is 5.56 Å². The van der Waals surface area contributed by atoms with Crippen LogP contribution >= 0.6 is 12.2 Å². The van der Waals surface area contributed by atoms with Crippen molar-refractivity contribution in [3.05, 3.63) is 83.7 Å². The predicted octanol–water partition coefficient (Wildman–Crippen LogP) is 3.29. The second-order valence-corrected chi connectivity index (χ2v) is 6.59. The highest BCUT2D eigenvalue weighted by atomic mass is 32.1. The van der Waals surface area contributed by atoms with Gasteiger partial charge in [-0.05, 0) is 61.1 Å². The van der Waals surface area contributed by atoms with Crippen molar-refractivity contribution < 1.29 is 0 Å². The number of hydrogen-bond acceptors (Lipinski definition) is 3. The Hall–Kier alpha value is -2.73. The molecule has 2 N–H and O–H groups in total. The number of rotatable bonds is 4. The number of hydrogen-bond donors (Lipinski definition) is 2. The molecule has 5 nitrogen and oxygen atoms in total. The van der Waals surface area contributed by atoms with Crippen molar-refractivity contribution in [1.29, 1.82) is 0 Å². The van der Waals surface area contributed by atoms with Crippen molar-refractivity contribution in [2.45, 2.75) is 25.6 Å². The normalized spacial score (nSPS) is 19.9. The molecule has 0 radical (unpaired) electrons. The minimum absolute atomic E-state index is 0.00795. The molecule has 4 rings (SSSR count). The molecule has 0 amide bonds. The lowest BCUT2D eigenvalue weighted by molar-refractivity contribution is 0.305. The van der Waals surface area contributed by atoms with E-state index in [9.17, 15) is 0 Å². The van der Waals surface area contributed by atoms with Gasteiger partial charge in [0.15, 0.2) is 5.11 Å². The monoisotopic (exact) mass is 349 g/mol. The molecule has 1 aliphatic rings. The van der Waals surface area contributed by atoms with Crippen molar-refractivity contribution in [3.8, 4) is 0 Å². The quantitative estimate of drug-likeness (QED) is 0.708. The Bertz CT molecular complexity index is 862. The van der Waals surface area contributed by atoms with Crippen LogP contribution in [0.15, 0.2) is 61.1 Å². The van der Waals surface area contributed by atoms with E-state index >= 15 is 0 Å². The number of aryl methyl sites for hydroxylation is 1. The smallest absolute Gasteiger partial charge is 0.170 e. The van der Waals surface area contributed by atoms with Crippen LogP contribution in [0, 0.1) is 6.92 Å². The number of thiocarbonyl (C=S) groups is 1. The van der Waals surface area contributed by atoms with Gasteiger partial charge >= 0.3 is 0 Å². The molecule has 0 aliphatic carbocycles. The van der Waals surface area contributed by atoms with Gasteiger partial charge in [0.05, 0.1) is 17.8 Å². The molecule has 1 aliphatic heterocycles. The third-order valence-corrected chi connectivity index (χ3v) is 4.83. The SMILES string of the molecule is Cc1ccc([C@H]2[C@H](c3ccccn3)NC(=S)N2Cc2ccncc2)[nH]1. The van der Waals surface area contributed by atoms with Gasteiger partial charge in [0, 0.05) is 36.5 Å². The first kappa shape index (κ1) is 15.8. The Morgan fingerprint density at radius 3 is 2.60 bits per heavy atom. The maximum Gasteiger partial charge on any atom is 0.170 e. The van der Waals surface area contributed by atoms with Crippen molar-refractivity contribution >= 4 is 17.3 Å². The van der Waals surface area contributed by atoms with Gasteiger partial charge < -0.3 is 15.2 Å². The van der Waals surface area contributed by atoms with Crippen LogP contribution in [0.5, 0.6) is 0 Å². The topological polar surface area (TPSA) is 56.8 Å². The summed E-state index contributed by atoms with van der Waals surface area (Å²) in [7, 11) is 0. The summed E-state index contributed by atoms with van der Waals surface area (Å²) in [6.45, 7) is 2.79. The zero-order valence-corrected chi connectivity index (χ0v) is 14.7. The maximum atomic E-state index is 5.66. The lowest BCUT2D eigenvalue weighted by Gasteiger charge is -2.27. The van der Waals surface area contributed by atoms with Gasteiger partial charge in [-0.25, -0.2) is 0 Å². The minimum Gasteiger partial charge on any atom is -0.361 e. The van der Waals surface area contributed by atoms with Gasteiger partial charge in [0.25, 0.3) is 0 Å². The molecule has 0 spiro atoms. The fourth-order valence-electron chi connectivity index (χ4n) is 3.30. The van der Waals surface area contributed by atoms with Crippen LogP contribution in [0.1, 0.15) is 34.7 Å². The number of H-pyrrole nitrogens is 1. The standard InChI is InChI=1S/C19H19N5S/c1-13-5-6-16(22-13)18-17(15-4-2-3-9-21-15)23-19(25)24(18)12-14-7-10-20-11-8-14/h2-11,17-18,22H,12H2,1H3,(H,23,25)/t17-,18-/m0/s1. The van der Waals surface area contributed by atoms with E-state index in [0.29, 0.717) is 0 Å². The van der Waals surface area contributed by atoms with E-state index < -0.39 is 0 Å². The molecule has 0 saturated carbocycles. The first-order valence-electron chi connectivity index (χ1n) is 8.25. The van der Waals surface area contributed by atoms with Gasteiger partial charge in [-0.2, -0.15) is 0 Å². The molecule has 1 saturated heterocycles. The van der Waals surface area contributed by atoms with E-state index in [1.54, 1.807) is 0 Å². The Morgan fingerprint density at radius 2 is 1.92 bits per heavy atom. The fourth-order valence-corrected chi connectivity index (χ4v) is 3.60. The van der Waals surface area contributed by atoms with Crippen LogP contribution < -0.4 is 5.32 Å². The first-order chi connectivity index (χ1) is 12.2. The molecule has 1 fully saturated rings. The van der Waals surface area contributed by atoms with Crippen molar-refractivity contribution in [1.82, 2.24) is 25.2 Å². The van der Waals surface area contributed by atoms with Gasteiger partial charge in [0.2, 0.25) is 0 Å². The summed E-state index contributed by atoms with van der Waals surface area (Å²) in [6.07, 6.45) is 5.44. The van der Waals surface area contributed by atoms with E-state index in [2.05, 4.69) is 44.2 Å². The number of aromatic amines is 1. The summed E-state index contributed by atoms with van der Waals surface area (Å²) >= 11 is 5.66. The predicted molar refractivity (Wildman–Crippen MR) is 101 cm³/mol. The summed E-state index contributed by atoms with van der Waals surface area (Å²) in [5, 5.41) is 4.20. The van der Waals surface area contributed by atoms with Crippen molar-refractivity contribution in [2.75, 3.05) is 0 Å². The molecule has 0 bridgehead atoms. The largest absolute Gasteiger partial charge is 0.361 e. The van der Waals surface area contributed by atoms with Gasteiger partial charge in [-0.1, -0.05) is 6.07 Å². The molecule has 126 valence electrons. The fraction of sp³-hybridized carbons (Fsp3) is 0.211. The first-order valence-corrected chi connectivity index (χ1v) is 8.65. The summed E-state index contributed by atoms with van der Waals surface area (Å²) in [5.41, 5.74) is 4.43. The number of nitrogens with zero attached hydrogens (tertiary/aromatic N) is 3. The Kier molecular flexibility index (Phi) is 4.19. The molecule has 25 heavy (non-hydrogen) atoms. The van der Waals surface area contributed by atoms with Crippen LogP contribution in [-0.2, 0) is 6.54 Å². The molecule has 4 heterocycles. The Labute approximate surface area is 152 Å². The number of nitrogens with one attached hydrogen (secondary N) is 2. The van der Waals surface area contributed by atoms with Crippen LogP contribution in [0.4, 0.5) is 0 Å². The molecule has 6 heteroatoms. The average Bonchev–Trinajstić information content (AvgIpc) is 3.20. The van der Waals surface area contributed by atoms with Crippen LogP contribution in [0.25, 0.3) is 0 Å². The Morgan fingerprint density at radius 1 is 1.08 bits per heavy atom. The average molecular weight is 349 g/mol. The van der Waals surface area contributed by atoms with Crippen LogP contribution in [0.3, 0.4) is 0 Å². The number of pyridine rings is 2.